The first-order chi connectivity index (χ1) is 11.3. The molecule has 6 nitrogen and oxygen atoms in total. The number of carbonyl (C=O) groups excluding carboxylic acids is 2. The zero-order chi connectivity index (χ0) is 17.9. The molecule has 0 bridgehead atoms. The average molecular weight is 345 g/mol. The van der Waals surface area contributed by atoms with Crippen molar-refractivity contribution >= 4 is 17.7 Å². The molecule has 0 aliphatic heterocycles. The molecule has 1 heterocycles. The Balaban J connectivity index is 2.35. The van der Waals surface area contributed by atoms with Gasteiger partial charge in [-0.15, -0.1) is 0 Å². The minimum Gasteiger partial charge on any atom is -0.465 e. The fourth-order valence-corrected chi connectivity index (χ4v) is 2.81. The van der Waals surface area contributed by atoms with Gasteiger partial charge in [-0.3, -0.25) is 4.79 Å². The normalized spacial score (nSPS) is 20.5. The number of anilines is 1. The standard InChI is InChI=1S/C15H18F3N3O3/c1-19-13(22)8-4-3-5-10(8)20-12-9(14(23)24-2)6-7-11(21-12)15(16,17)18/h6-8,10H,3-5H2,1-2H3,(H,19,22)(H,20,21)/t8-,10+/m1/s1. The molecule has 1 fully saturated rings. The third kappa shape index (κ3) is 3.77. The van der Waals surface area contributed by atoms with Crippen LogP contribution in [0.25, 0.3) is 0 Å². The van der Waals surface area contributed by atoms with E-state index < -0.39 is 29.8 Å². The van der Waals surface area contributed by atoms with Gasteiger partial charge in [0, 0.05) is 13.1 Å². The summed E-state index contributed by atoms with van der Waals surface area (Å²) in [4.78, 5) is 27.2. The van der Waals surface area contributed by atoms with E-state index in [0.29, 0.717) is 12.8 Å². The van der Waals surface area contributed by atoms with Crippen LogP contribution in [0.5, 0.6) is 0 Å². The van der Waals surface area contributed by atoms with Gasteiger partial charge in [0.25, 0.3) is 0 Å². The van der Waals surface area contributed by atoms with Crippen molar-refractivity contribution in [3.05, 3.63) is 23.4 Å². The summed E-state index contributed by atoms with van der Waals surface area (Å²) in [6.45, 7) is 0. The highest BCUT2D eigenvalue weighted by molar-refractivity contribution is 5.94. The van der Waals surface area contributed by atoms with Crippen LogP contribution < -0.4 is 10.6 Å². The number of hydrogen-bond donors (Lipinski definition) is 2. The maximum Gasteiger partial charge on any atom is 0.433 e. The van der Waals surface area contributed by atoms with Crippen molar-refractivity contribution in [2.75, 3.05) is 19.5 Å². The molecule has 0 spiro atoms. The molecule has 1 aliphatic rings. The van der Waals surface area contributed by atoms with Crippen molar-refractivity contribution < 1.29 is 27.5 Å². The highest BCUT2D eigenvalue weighted by Crippen LogP contribution is 2.32. The summed E-state index contributed by atoms with van der Waals surface area (Å²) in [5.41, 5.74) is -1.22. The Bertz CT molecular complexity index is 634. The van der Waals surface area contributed by atoms with E-state index in [9.17, 15) is 22.8 Å². The minimum atomic E-state index is -4.64. The summed E-state index contributed by atoms with van der Waals surface area (Å²) in [7, 11) is 2.63. The second-order valence-corrected chi connectivity index (χ2v) is 5.48. The quantitative estimate of drug-likeness (QED) is 0.818. The van der Waals surface area contributed by atoms with Crippen molar-refractivity contribution in [1.82, 2.24) is 10.3 Å². The number of rotatable bonds is 4. The predicted octanol–water partition coefficient (Wildman–Crippen LogP) is 2.21. The van der Waals surface area contributed by atoms with Gasteiger partial charge in [0.2, 0.25) is 5.91 Å². The molecule has 1 amide bonds. The van der Waals surface area contributed by atoms with Gasteiger partial charge in [0.1, 0.15) is 17.1 Å². The molecule has 1 aromatic rings. The molecule has 1 saturated carbocycles. The fraction of sp³-hybridized carbons (Fsp3) is 0.533. The number of alkyl halides is 3. The van der Waals surface area contributed by atoms with Crippen LogP contribution in [0.3, 0.4) is 0 Å². The van der Waals surface area contributed by atoms with E-state index >= 15 is 0 Å². The zero-order valence-corrected chi connectivity index (χ0v) is 13.2. The molecule has 0 aromatic carbocycles. The number of amides is 1. The van der Waals surface area contributed by atoms with Crippen molar-refractivity contribution in [3.8, 4) is 0 Å². The van der Waals surface area contributed by atoms with Crippen LogP contribution in [0.2, 0.25) is 0 Å². The third-order valence-electron chi connectivity index (χ3n) is 4.01. The maximum absolute atomic E-state index is 12.9. The van der Waals surface area contributed by atoms with Crippen molar-refractivity contribution in [1.29, 1.82) is 0 Å². The summed E-state index contributed by atoms with van der Waals surface area (Å²) >= 11 is 0. The SMILES string of the molecule is CNC(=O)[C@@H]1CCC[C@@H]1Nc1nc(C(F)(F)F)ccc1C(=O)OC. The number of carbonyl (C=O) groups is 2. The third-order valence-corrected chi connectivity index (χ3v) is 4.01. The Morgan fingerprint density at radius 1 is 1.29 bits per heavy atom. The highest BCUT2D eigenvalue weighted by atomic mass is 19.4. The summed E-state index contributed by atoms with van der Waals surface area (Å²) in [5.74, 6) is -1.61. The number of nitrogens with zero attached hydrogens (tertiary/aromatic N) is 1. The van der Waals surface area contributed by atoms with Gasteiger partial charge in [0.15, 0.2) is 0 Å². The lowest BCUT2D eigenvalue weighted by molar-refractivity contribution is -0.141. The van der Waals surface area contributed by atoms with E-state index in [2.05, 4.69) is 20.4 Å². The molecule has 1 aromatic heterocycles. The summed E-state index contributed by atoms with van der Waals surface area (Å²) in [5, 5.41) is 5.37. The number of hydrogen-bond acceptors (Lipinski definition) is 5. The van der Waals surface area contributed by atoms with Gasteiger partial charge in [-0.05, 0) is 25.0 Å². The van der Waals surface area contributed by atoms with E-state index in [4.69, 9.17) is 0 Å². The number of halogens is 3. The molecule has 0 saturated heterocycles. The van der Waals surface area contributed by atoms with E-state index in [0.717, 1.165) is 25.7 Å². The first kappa shape index (κ1) is 18.0. The molecule has 2 N–H and O–H groups in total. The zero-order valence-electron chi connectivity index (χ0n) is 13.2. The average Bonchev–Trinajstić information content (AvgIpc) is 3.00. The predicted molar refractivity (Wildman–Crippen MR) is 79.4 cm³/mol. The molecule has 2 atom stereocenters. The molecular weight excluding hydrogens is 327 g/mol. The molecule has 0 unspecified atom stereocenters. The number of aromatic nitrogens is 1. The number of nitrogens with one attached hydrogen (secondary N) is 2. The van der Waals surface area contributed by atoms with Crippen LogP contribution in [0.1, 0.15) is 35.3 Å². The fourth-order valence-electron chi connectivity index (χ4n) is 2.81. The molecule has 9 heteroatoms. The molecule has 0 radical (unpaired) electrons. The lowest BCUT2D eigenvalue weighted by Crippen LogP contribution is -2.37. The van der Waals surface area contributed by atoms with Crippen LogP contribution in [0.4, 0.5) is 19.0 Å². The van der Waals surface area contributed by atoms with Gasteiger partial charge >= 0.3 is 12.1 Å². The topological polar surface area (TPSA) is 80.3 Å². The summed E-state index contributed by atoms with van der Waals surface area (Å²) < 4.78 is 43.2. The van der Waals surface area contributed by atoms with E-state index in [-0.39, 0.29) is 17.3 Å². The Kier molecular flexibility index (Phi) is 5.30. The molecule has 132 valence electrons. The second kappa shape index (κ2) is 7.06. The molecular formula is C15H18F3N3O3. The van der Waals surface area contributed by atoms with Crippen LogP contribution in [0.15, 0.2) is 12.1 Å². The molecule has 1 aliphatic carbocycles. The van der Waals surface area contributed by atoms with Crippen LogP contribution >= 0.6 is 0 Å². The lowest BCUT2D eigenvalue weighted by atomic mass is 10.0. The monoisotopic (exact) mass is 345 g/mol. The highest BCUT2D eigenvalue weighted by Gasteiger charge is 2.36. The first-order valence-corrected chi connectivity index (χ1v) is 7.42. The molecule has 24 heavy (non-hydrogen) atoms. The first-order valence-electron chi connectivity index (χ1n) is 7.42. The Morgan fingerprint density at radius 2 is 2.00 bits per heavy atom. The van der Waals surface area contributed by atoms with Gasteiger partial charge in [-0.25, -0.2) is 9.78 Å². The number of pyridine rings is 1. The van der Waals surface area contributed by atoms with E-state index in [1.54, 1.807) is 0 Å². The summed E-state index contributed by atoms with van der Waals surface area (Å²) in [6.07, 6.45) is -2.68. The molecule has 2 rings (SSSR count). The van der Waals surface area contributed by atoms with E-state index in [1.165, 1.54) is 7.05 Å². The largest absolute Gasteiger partial charge is 0.465 e. The maximum atomic E-state index is 12.9. The van der Waals surface area contributed by atoms with Gasteiger partial charge < -0.3 is 15.4 Å². The Hall–Kier alpha value is -2.32. The van der Waals surface area contributed by atoms with Crippen molar-refractivity contribution in [2.24, 2.45) is 5.92 Å². The van der Waals surface area contributed by atoms with Crippen LogP contribution in [-0.2, 0) is 15.7 Å². The van der Waals surface area contributed by atoms with Crippen molar-refractivity contribution in [2.45, 2.75) is 31.5 Å². The second-order valence-electron chi connectivity index (χ2n) is 5.48. The van der Waals surface area contributed by atoms with Crippen LogP contribution in [-0.4, -0.2) is 37.1 Å². The number of esters is 1. The van der Waals surface area contributed by atoms with Gasteiger partial charge in [-0.1, -0.05) is 6.42 Å². The van der Waals surface area contributed by atoms with E-state index in [1.807, 2.05) is 0 Å². The summed E-state index contributed by atoms with van der Waals surface area (Å²) in [6, 6.07) is 1.35. The lowest BCUT2D eigenvalue weighted by Gasteiger charge is -2.22. The van der Waals surface area contributed by atoms with Gasteiger partial charge in [0.05, 0.1) is 13.0 Å². The Morgan fingerprint density at radius 3 is 2.58 bits per heavy atom. The number of ether oxygens (including phenoxy) is 1. The Labute approximate surface area is 136 Å². The minimum absolute atomic E-state index is 0.104. The van der Waals surface area contributed by atoms with Crippen molar-refractivity contribution in [3.63, 3.8) is 0 Å². The van der Waals surface area contributed by atoms with Crippen LogP contribution in [0, 0.1) is 5.92 Å². The smallest absolute Gasteiger partial charge is 0.433 e. The van der Waals surface area contributed by atoms with Gasteiger partial charge in [-0.2, -0.15) is 13.2 Å². The number of methoxy groups -OCH3 is 1.